The summed E-state index contributed by atoms with van der Waals surface area (Å²) < 4.78 is 0. The number of carbonyl (C=O) groups excluding carboxylic acids is 2. The number of piperidine rings is 1. The minimum Gasteiger partial charge on any atom is -0.476 e. The smallest absolute Gasteiger partial charge is 0.356 e. The highest BCUT2D eigenvalue weighted by Crippen LogP contribution is 2.20. The summed E-state index contributed by atoms with van der Waals surface area (Å²) in [4.78, 5) is 46.6. The van der Waals surface area contributed by atoms with Crippen molar-refractivity contribution in [2.45, 2.75) is 32.6 Å². The molecule has 0 saturated carbocycles. The molecule has 0 aliphatic carbocycles. The number of rotatable bonds is 6. The number of carbonyl (C=O) groups is 3. The molecule has 1 aromatic heterocycles. The van der Waals surface area contributed by atoms with Gasteiger partial charge in [0.1, 0.15) is 5.69 Å². The van der Waals surface area contributed by atoms with Gasteiger partial charge in [0.25, 0.3) is 5.91 Å². The van der Waals surface area contributed by atoms with Gasteiger partial charge < -0.3 is 14.9 Å². The largest absolute Gasteiger partial charge is 0.476 e. The SMILES string of the molecule is CCCCN(C)C(=O)C1CCN(C(=O)c2cnc(C(=O)O)cn2)CC1. The average molecular weight is 348 g/mol. The highest BCUT2D eigenvalue weighted by Gasteiger charge is 2.29. The normalized spacial score (nSPS) is 15.0. The lowest BCUT2D eigenvalue weighted by Gasteiger charge is -2.33. The Bertz CT molecular complexity index is 624. The summed E-state index contributed by atoms with van der Waals surface area (Å²) in [5.41, 5.74) is -0.0780. The fourth-order valence-corrected chi connectivity index (χ4v) is 2.86. The molecule has 2 heterocycles. The molecule has 1 saturated heterocycles. The number of likely N-dealkylation sites (tertiary alicyclic amines) is 1. The monoisotopic (exact) mass is 348 g/mol. The van der Waals surface area contributed by atoms with Crippen LogP contribution in [0.15, 0.2) is 12.4 Å². The maximum absolute atomic E-state index is 12.4. The molecule has 0 radical (unpaired) electrons. The highest BCUT2D eigenvalue weighted by atomic mass is 16.4. The minimum absolute atomic E-state index is 0.0497. The molecule has 1 fully saturated rings. The van der Waals surface area contributed by atoms with Crippen LogP contribution >= 0.6 is 0 Å². The van der Waals surface area contributed by atoms with Gasteiger partial charge in [-0.1, -0.05) is 13.3 Å². The predicted molar refractivity (Wildman–Crippen MR) is 90.2 cm³/mol. The summed E-state index contributed by atoms with van der Waals surface area (Å²) in [6, 6.07) is 0. The minimum atomic E-state index is -1.18. The number of amides is 2. The Kier molecular flexibility index (Phi) is 6.44. The average Bonchev–Trinajstić information content (AvgIpc) is 2.65. The van der Waals surface area contributed by atoms with Gasteiger partial charge in [0.2, 0.25) is 5.91 Å². The van der Waals surface area contributed by atoms with Crippen molar-refractivity contribution in [3.05, 3.63) is 23.8 Å². The zero-order valence-electron chi connectivity index (χ0n) is 14.6. The number of aromatic nitrogens is 2. The summed E-state index contributed by atoms with van der Waals surface area (Å²) >= 11 is 0. The van der Waals surface area contributed by atoms with Crippen LogP contribution in [0.1, 0.15) is 53.6 Å². The number of nitrogens with zero attached hydrogens (tertiary/aromatic N) is 4. The van der Waals surface area contributed by atoms with E-state index >= 15 is 0 Å². The van der Waals surface area contributed by atoms with Gasteiger partial charge >= 0.3 is 5.97 Å². The van der Waals surface area contributed by atoms with E-state index in [0.717, 1.165) is 25.6 Å². The molecule has 0 atom stereocenters. The van der Waals surface area contributed by atoms with E-state index in [1.165, 1.54) is 6.20 Å². The van der Waals surface area contributed by atoms with Crippen molar-refractivity contribution >= 4 is 17.8 Å². The van der Waals surface area contributed by atoms with Crippen molar-refractivity contribution in [1.29, 1.82) is 0 Å². The number of hydrogen-bond acceptors (Lipinski definition) is 5. The summed E-state index contributed by atoms with van der Waals surface area (Å²) in [5, 5.41) is 8.81. The molecule has 136 valence electrons. The van der Waals surface area contributed by atoms with E-state index in [4.69, 9.17) is 5.11 Å². The van der Waals surface area contributed by atoms with Crippen molar-refractivity contribution < 1.29 is 19.5 Å². The fourth-order valence-electron chi connectivity index (χ4n) is 2.86. The zero-order chi connectivity index (χ0) is 18.4. The molecular weight excluding hydrogens is 324 g/mol. The topological polar surface area (TPSA) is 104 Å². The van der Waals surface area contributed by atoms with E-state index in [9.17, 15) is 14.4 Å². The van der Waals surface area contributed by atoms with Crippen LogP contribution in [0.5, 0.6) is 0 Å². The Morgan fingerprint density at radius 3 is 2.32 bits per heavy atom. The molecule has 1 aromatic rings. The summed E-state index contributed by atoms with van der Waals surface area (Å²) in [7, 11) is 1.83. The number of carboxylic acids is 1. The van der Waals surface area contributed by atoms with Crippen LogP contribution in [0.4, 0.5) is 0 Å². The van der Waals surface area contributed by atoms with Crippen molar-refractivity contribution in [2.24, 2.45) is 5.92 Å². The lowest BCUT2D eigenvalue weighted by Crippen LogP contribution is -2.43. The molecule has 0 aromatic carbocycles. The predicted octanol–water partition coefficient (Wildman–Crippen LogP) is 1.29. The van der Waals surface area contributed by atoms with Crippen molar-refractivity contribution in [1.82, 2.24) is 19.8 Å². The van der Waals surface area contributed by atoms with Crippen LogP contribution in [-0.2, 0) is 4.79 Å². The lowest BCUT2D eigenvalue weighted by atomic mass is 9.95. The van der Waals surface area contributed by atoms with Crippen LogP contribution in [0.2, 0.25) is 0 Å². The Hall–Kier alpha value is -2.51. The summed E-state index contributed by atoms with van der Waals surface area (Å²) in [6.45, 7) is 3.83. The molecule has 2 rings (SSSR count). The summed E-state index contributed by atoms with van der Waals surface area (Å²) in [6.07, 6.45) is 5.55. The number of unbranched alkanes of at least 4 members (excludes halogenated alkanes) is 1. The molecule has 0 unspecified atom stereocenters. The van der Waals surface area contributed by atoms with Gasteiger partial charge in [0, 0.05) is 32.6 Å². The molecule has 1 aliphatic heterocycles. The second-order valence-corrected chi connectivity index (χ2v) is 6.27. The van der Waals surface area contributed by atoms with Crippen LogP contribution in [-0.4, -0.2) is 69.3 Å². The van der Waals surface area contributed by atoms with Crippen LogP contribution in [0.3, 0.4) is 0 Å². The van der Waals surface area contributed by atoms with E-state index in [0.29, 0.717) is 25.9 Å². The Labute approximate surface area is 146 Å². The van der Waals surface area contributed by atoms with E-state index in [1.807, 2.05) is 7.05 Å². The zero-order valence-corrected chi connectivity index (χ0v) is 14.6. The first-order chi connectivity index (χ1) is 11.9. The molecule has 0 spiro atoms. The van der Waals surface area contributed by atoms with Crippen molar-refractivity contribution in [3.63, 3.8) is 0 Å². The molecule has 8 nitrogen and oxygen atoms in total. The van der Waals surface area contributed by atoms with Gasteiger partial charge in [-0.15, -0.1) is 0 Å². The molecule has 0 bridgehead atoms. The Balaban J connectivity index is 1.89. The van der Waals surface area contributed by atoms with Crippen molar-refractivity contribution in [2.75, 3.05) is 26.7 Å². The third kappa shape index (κ3) is 4.74. The molecule has 2 amide bonds. The first-order valence-corrected chi connectivity index (χ1v) is 8.53. The van der Waals surface area contributed by atoms with E-state index in [-0.39, 0.29) is 29.1 Å². The van der Waals surface area contributed by atoms with Crippen LogP contribution in [0.25, 0.3) is 0 Å². The van der Waals surface area contributed by atoms with Crippen LogP contribution < -0.4 is 0 Å². The van der Waals surface area contributed by atoms with Gasteiger partial charge in [-0.2, -0.15) is 0 Å². The maximum Gasteiger partial charge on any atom is 0.356 e. The number of aromatic carboxylic acids is 1. The molecule has 1 N–H and O–H groups in total. The van der Waals surface area contributed by atoms with E-state index in [2.05, 4.69) is 16.9 Å². The molecule has 1 aliphatic rings. The van der Waals surface area contributed by atoms with E-state index in [1.54, 1.807) is 9.80 Å². The van der Waals surface area contributed by atoms with E-state index < -0.39 is 5.97 Å². The number of carboxylic acid groups (broad SMARTS) is 1. The van der Waals surface area contributed by atoms with Crippen molar-refractivity contribution in [3.8, 4) is 0 Å². The third-order valence-electron chi connectivity index (χ3n) is 4.44. The standard InChI is InChI=1S/C17H24N4O4/c1-3-4-7-20(2)15(22)12-5-8-21(9-6-12)16(23)13-10-19-14(11-18-13)17(24)25/h10-12H,3-9H2,1-2H3,(H,24,25). The Morgan fingerprint density at radius 1 is 1.20 bits per heavy atom. The first kappa shape index (κ1) is 18.8. The van der Waals surface area contributed by atoms with Gasteiger partial charge in [0.15, 0.2) is 5.69 Å². The van der Waals surface area contributed by atoms with Crippen LogP contribution in [0, 0.1) is 5.92 Å². The summed E-state index contributed by atoms with van der Waals surface area (Å²) in [5.74, 6) is -1.37. The highest BCUT2D eigenvalue weighted by molar-refractivity contribution is 5.93. The third-order valence-corrected chi connectivity index (χ3v) is 4.44. The second kappa shape index (κ2) is 8.55. The molecular formula is C17H24N4O4. The maximum atomic E-state index is 12.4. The van der Waals surface area contributed by atoms with Gasteiger partial charge in [-0.25, -0.2) is 14.8 Å². The van der Waals surface area contributed by atoms with Gasteiger partial charge in [-0.05, 0) is 19.3 Å². The fraction of sp³-hybridized carbons (Fsp3) is 0.588. The van der Waals surface area contributed by atoms with Gasteiger partial charge in [-0.3, -0.25) is 9.59 Å². The molecule has 8 heteroatoms. The number of hydrogen-bond donors (Lipinski definition) is 1. The second-order valence-electron chi connectivity index (χ2n) is 6.27. The lowest BCUT2D eigenvalue weighted by molar-refractivity contribution is -0.135. The quantitative estimate of drug-likeness (QED) is 0.831. The van der Waals surface area contributed by atoms with Gasteiger partial charge in [0.05, 0.1) is 12.4 Å². The Morgan fingerprint density at radius 2 is 1.80 bits per heavy atom. The molecule has 25 heavy (non-hydrogen) atoms. The first-order valence-electron chi connectivity index (χ1n) is 8.53.